The normalized spacial score (nSPS) is 21.9. The van der Waals surface area contributed by atoms with Crippen LogP contribution in [0.4, 0.5) is 5.69 Å². The van der Waals surface area contributed by atoms with Gasteiger partial charge in [0.25, 0.3) is 0 Å². The molecular weight excluding hydrogens is 330 g/mol. The molecule has 2 aliphatic rings. The minimum Gasteiger partial charge on any atom is -0.340 e. The molecule has 0 aliphatic carbocycles. The minimum atomic E-state index is -0.718. The summed E-state index contributed by atoms with van der Waals surface area (Å²) in [5.74, 6) is 0.0181. The lowest BCUT2D eigenvalue weighted by Crippen LogP contribution is -2.55. The number of hydrogen-bond acceptors (Lipinski definition) is 5. The van der Waals surface area contributed by atoms with Gasteiger partial charge in [-0.3, -0.25) is 14.9 Å². The number of amides is 2. The fourth-order valence-electron chi connectivity index (χ4n) is 2.67. The van der Waals surface area contributed by atoms with Crippen LogP contribution >= 0.6 is 11.6 Å². The summed E-state index contributed by atoms with van der Waals surface area (Å²) in [4.78, 5) is 33.1. The topological polar surface area (TPSA) is 77.0 Å². The predicted octanol–water partition coefficient (Wildman–Crippen LogP) is 0.770. The van der Waals surface area contributed by atoms with Crippen molar-refractivity contribution < 1.29 is 9.59 Å². The number of halogens is 1. The van der Waals surface area contributed by atoms with E-state index in [0.717, 1.165) is 26.2 Å². The van der Waals surface area contributed by atoms with Gasteiger partial charge in [-0.25, -0.2) is 4.99 Å². The Kier molecular flexibility index (Phi) is 5.01. The first-order valence-electron chi connectivity index (χ1n) is 7.89. The highest BCUT2D eigenvalue weighted by molar-refractivity contribution is 6.30. The molecule has 1 unspecified atom stereocenters. The molecule has 1 atom stereocenters. The molecule has 1 saturated heterocycles. The van der Waals surface area contributed by atoms with Crippen LogP contribution in [0.3, 0.4) is 0 Å². The number of rotatable bonds is 2. The Labute approximate surface area is 145 Å². The number of carbonyl (C=O) groups is 2. The smallest absolute Gasteiger partial charge is 0.249 e. The Hall–Kier alpha value is -2.12. The molecule has 1 aromatic carbocycles. The second kappa shape index (κ2) is 7.19. The predicted molar refractivity (Wildman–Crippen MR) is 93.1 cm³/mol. The maximum atomic E-state index is 12.4. The van der Waals surface area contributed by atoms with Crippen LogP contribution in [0.15, 0.2) is 29.3 Å². The summed E-state index contributed by atoms with van der Waals surface area (Å²) >= 11 is 5.83. The highest BCUT2D eigenvalue weighted by atomic mass is 35.5. The van der Waals surface area contributed by atoms with Crippen LogP contribution in [-0.4, -0.2) is 66.8 Å². The fourth-order valence-corrected chi connectivity index (χ4v) is 2.79. The van der Waals surface area contributed by atoms with E-state index in [1.165, 1.54) is 0 Å². The fraction of sp³-hybridized carbons (Fsp3) is 0.438. The van der Waals surface area contributed by atoms with Crippen molar-refractivity contribution in [3.05, 3.63) is 29.3 Å². The van der Waals surface area contributed by atoms with Gasteiger partial charge in [-0.2, -0.15) is 0 Å². The lowest BCUT2D eigenvalue weighted by Gasteiger charge is -2.36. The molecule has 7 nitrogen and oxygen atoms in total. The van der Waals surface area contributed by atoms with Crippen molar-refractivity contribution in [1.29, 1.82) is 0 Å². The van der Waals surface area contributed by atoms with Crippen LogP contribution in [0.1, 0.15) is 6.42 Å². The summed E-state index contributed by atoms with van der Waals surface area (Å²) in [6, 6.07) is 6.11. The van der Waals surface area contributed by atoms with Gasteiger partial charge in [0.05, 0.1) is 6.42 Å². The van der Waals surface area contributed by atoms with E-state index in [4.69, 9.17) is 11.6 Å². The van der Waals surface area contributed by atoms with Gasteiger partial charge in [0.1, 0.15) is 6.04 Å². The summed E-state index contributed by atoms with van der Waals surface area (Å²) < 4.78 is 0. The molecule has 0 saturated carbocycles. The van der Waals surface area contributed by atoms with Crippen molar-refractivity contribution in [2.24, 2.45) is 4.99 Å². The van der Waals surface area contributed by atoms with Gasteiger partial charge >= 0.3 is 0 Å². The number of anilines is 1. The second-order valence-electron chi connectivity index (χ2n) is 6.01. The van der Waals surface area contributed by atoms with E-state index in [1.807, 2.05) is 4.90 Å². The Balaban J connectivity index is 1.69. The summed E-state index contributed by atoms with van der Waals surface area (Å²) in [7, 11) is 2.06. The van der Waals surface area contributed by atoms with E-state index >= 15 is 0 Å². The van der Waals surface area contributed by atoms with Crippen LogP contribution < -0.4 is 10.6 Å². The van der Waals surface area contributed by atoms with Gasteiger partial charge in [-0.05, 0) is 31.3 Å². The van der Waals surface area contributed by atoms with Crippen LogP contribution in [-0.2, 0) is 9.59 Å². The van der Waals surface area contributed by atoms with E-state index in [-0.39, 0.29) is 18.2 Å². The molecule has 3 rings (SSSR count). The number of nitrogens with zero attached hydrogens (tertiary/aromatic N) is 3. The number of benzene rings is 1. The average molecular weight is 350 g/mol. The van der Waals surface area contributed by atoms with E-state index in [1.54, 1.807) is 24.3 Å². The zero-order valence-corrected chi connectivity index (χ0v) is 14.2. The van der Waals surface area contributed by atoms with Crippen LogP contribution in [0.2, 0.25) is 5.02 Å². The molecule has 1 fully saturated rings. The Bertz CT molecular complexity index is 653. The maximum Gasteiger partial charge on any atom is 0.249 e. The third-order valence-electron chi connectivity index (χ3n) is 4.13. The standard InChI is InChI=1S/C16H20ClN5O2/c1-21-6-8-22(9-7-21)16-19-13(10-14(23)20-16)15(24)18-12-4-2-11(17)3-5-12/h2-5,13H,6-10H2,1H3,(H,18,24)(H,19,20,23). The highest BCUT2D eigenvalue weighted by Crippen LogP contribution is 2.15. The van der Waals surface area contributed by atoms with Crippen molar-refractivity contribution >= 4 is 35.1 Å². The van der Waals surface area contributed by atoms with Gasteiger partial charge in [-0.15, -0.1) is 0 Å². The zero-order chi connectivity index (χ0) is 17.1. The summed E-state index contributed by atoms with van der Waals surface area (Å²) in [5.41, 5.74) is 0.631. The first-order valence-corrected chi connectivity index (χ1v) is 8.26. The second-order valence-corrected chi connectivity index (χ2v) is 6.44. The molecule has 2 N–H and O–H groups in total. The molecule has 1 aromatic rings. The molecular formula is C16H20ClN5O2. The third-order valence-corrected chi connectivity index (χ3v) is 4.38. The Morgan fingerprint density at radius 1 is 1.25 bits per heavy atom. The van der Waals surface area contributed by atoms with Crippen molar-refractivity contribution in [3.8, 4) is 0 Å². The number of aliphatic imine (C=N–C) groups is 1. The molecule has 0 spiro atoms. The number of likely N-dealkylation sites (N-methyl/N-ethyl adjacent to an activating group) is 1. The first kappa shape index (κ1) is 16.7. The largest absolute Gasteiger partial charge is 0.340 e. The van der Waals surface area contributed by atoms with E-state index < -0.39 is 6.04 Å². The van der Waals surface area contributed by atoms with Crippen LogP contribution in [0.25, 0.3) is 0 Å². The molecule has 24 heavy (non-hydrogen) atoms. The van der Waals surface area contributed by atoms with Gasteiger partial charge in [0.15, 0.2) is 0 Å². The summed E-state index contributed by atoms with van der Waals surface area (Å²) in [6.07, 6.45) is 0.0522. The van der Waals surface area contributed by atoms with Crippen LogP contribution in [0, 0.1) is 0 Å². The van der Waals surface area contributed by atoms with E-state index in [0.29, 0.717) is 16.7 Å². The number of hydrogen-bond donors (Lipinski definition) is 2. The molecule has 2 aliphatic heterocycles. The Morgan fingerprint density at radius 2 is 1.92 bits per heavy atom. The van der Waals surface area contributed by atoms with Gasteiger partial charge < -0.3 is 15.1 Å². The molecule has 128 valence electrons. The summed E-state index contributed by atoms with van der Waals surface area (Å²) in [6.45, 7) is 3.36. The number of carbonyl (C=O) groups excluding carboxylic acids is 2. The highest BCUT2D eigenvalue weighted by Gasteiger charge is 2.30. The molecule has 0 radical (unpaired) electrons. The van der Waals surface area contributed by atoms with Crippen molar-refractivity contribution in [1.82, 2.24) is 15.1 Å². The zero-order valence-electron chi connectivity index (χ0n) is 13.5. The monoisotopic (exact) mass is 349 g/mol. The lowest BCUT2D eigenvalue weighted by molar-refractivity contribution is -0.125. The van der Waals surface area contributed by atoms with Gasteiger partial charge in [-0.1, -0.05) is 11.6 Å². The lowest BCUT2D eigenvalue weighted by atomic mass is 10.1. The molecule has 0 bridgehead atoms. The van der Waals surface area contributed by atoms with E-state index in [2.05, 4.69) is 27.6 Å². The number of piperazine rings is 1. The van der Waals surface area contributed by atoms with Gasteiger partial charge in [0.2, 0.25) is 17.8 Å². The first-order chi connectivity index (χ1) is 11.5. The quantitative estimate of drug-likeness (QED) is 0.827. The Morgan fingerprint density at radius 3 is 2.58 bits per heavy atom. The third kappa shape index (κ3) is 4.04. The number of guanidine groups is 1. The van der Waals surface area contributed by atoms with Crippen molar-refractivity contribution in [3.63, 3.8) is 0 Å². The molecule has 2 amide bonds. The van der Waals surface area contributed by atoms with Crippen molar-refractivity contribution in [2.45, 2.75) is 12.5 Å². The summed E-state index contributed by atoms with van der Waals surface area (Å²) in [5, 5.41) is 6.15. The molecule has 8 heteroatoms. The van der Waals surface area contributed by atoms with Gasteiger partial charge in [0, 0.05) is 36.9 Å². The maximum absolute atomic E-state index is 12.4. The average Bonchev–Trinajstić information content (AvgIpc) is 2.57. The van der Waals surface area contributed by atoms with E-state index in [9.17, 15) is 9.59 Å². The number of nitrogens with one attached hydrogen (secondary N) is 2. The minimum absolute atomic E-state index is 0.0522. The molecule has 2 heterocycles. The van der Waals surface area contributed by atoms with Crippen molar-refractivity contribution in [2.75, 3.05) is 38.5 Å². The molecule has 0 aromatic heterocycles. The van der Waals surface area contributed by atoms with Crippen LogP contribution in [0.5, 0.6) is 0 Å². The SMILES string of the molecule is CN1CCN(C2=NC(C(=O)Nc3ccc(Cl)cc3)CC(=O)N2)CC1.